The molecule has 1 aromatic heterocycles. The van der Waals surface area contributed by atoms with Crippen LogP contribution in [0.25, 0.3) is 11.3 Å². The van der Waals surface area contributed by atoms with Gasteiger partial charge < -0.3 is 18.9 Å². The van der Waals surface area contributed by atoms with E-state index in [1.807, 2.05) is 44.2 Å². The number of esters is 1. The van der Waals surface area contributed by atoms with Crippen molar-refractivity contribution in [3.8, 4) is 11.3 Å². The number of benzene rings is 2. The lowest BCUT2D eigenvalue weighted by atomic mass is 9.77. The molecule has 0 N–H and O–H groups in total. The van der Waals surface area contributed by atoms with Crippen molar-refractivity contribution in [1.29, 1.82) is 0 Å². The molecule has 2 amide bonds. The molecular formula is C40H50F3N5O6S. The quantitative estimate of drug-likeness (QED) is 0.157. The largest absolute Gasteiger partial charge is 0.450 e. The normalized spacial score (nSPS) is 21.8. The van der Waals surface area contributed by atoms with Crippen molar-refractivity contribution in [2.24, 2.45) is 15.7 Å². The van der Waals surface area contributed by atoms with E-state index in [4.69, 9.17) is 14.5 Å². The van der Waals surface area contributed by atoms with Crippen LogP contribution in [0.4, 0.5) is 18.0 Å². The number of nitrogens with zero attached hydrogens (tertiary/aromatic N) is 5. The third-order valence-corrected chi connectivity index (χ3v) is 11.0. The third-order valence-electron chi connectivity index (χ3n) is 9.61. The molecule has 2 aromatic carbocycles. The first-order valence-corrected chi connectivity index (χ1v) is 19.3. The maximum Gasteiger partial charge on any atom is 0.410 e. The van der Waals surface area contributed by atoms with E-state index in [1.165, 1.54) is 11.1 Å². The number of carbonyl (C=O) groups is 3. The van der Waals surface area contributed by atoms with Gasteiger partial charge in [-0.25, -0.2) is 27.2 Å². The predicted molar refractivity (Wildman–Crippen MR) is 203 cm³/mol. The number of fused-ring (bicyclic) bond motifs is 1. The van der Waals surface area contributed by atoms with Crippen LogP contribution in [-0.4, -0.2) is 89.5 Å². The van der Waals surface area contributed by atoms with Crippen LogP contribution in [0.2, 0.25) is 0 Å². The fraction of sp³-hybridized carbons (Fsp3) is 0.525. The standard InChI is InChI=1S/C40H50F3N5O6S/c1-24(49)53-33-32-28(30(43)22-47(32)37(51)54-38(2,3)4)21-48(36(33)50)34(40(8,9)17-18-44-55(52)39(5,6)7)35-45-31(27-19-26(41)15-16-29(27)42)23-46(35)20-25-13-11-10-12-14-25/h10-16,18-19,23,28,30,32-34H,17,20-22H2,1-9H3/b44-18+/t28-,30-,32?,33-,34-,55?/m0/s1. The number of alkyl halides is 1. The fourth-order valence-corrected chi connectivity index (χ4v) is 7.60. The smallest absolute Gasteiger partial charge is 0.410 e. The van der Waals surface area contributed by atoms with Gasteiger partial charge in [-0.15, -0.1) is 0 Å². The van der Waals surface area contributed by atoms with Crippen molar-refractivity contribution in [2.75, 3.05) is 13.1 Å². The van der Waals surface area contributed by atoms with Crippen LogP contribution >= 0.6 is 0 Å². The summed E-state index contributed by atoms with van der Waals surface area (Å²) in [6.45, 7) is 14.7. The van der Waals surface area contributed by atoms with Gasteiger partial charge in [0.05, 0.1) is 29.1 Å². The Hall–Kier alpha value is -4.53. The fourth-order valence-electron chi connectivity index (χ4n) is 7.07. The van der Waals surface area contributed by atoms with Gasteiger partial charge in [-0.05, 0) is 77.1 Å². The maximum absolute atomic E-state index is 16.3. The molecule has 2 fully saturated rings. The summed E-state index contributed by atoms with van der Waals surface area (Å²) in [6, 6.07) is 10.1. The molecule has 2 aliphatic heterocycles. The van der Waals surface area contributed by atoms with Gasteiger partial charge in [0.25, 0.3) is 5.91 Å². The number of likely N-dealkylation sites (tertiary alicyclic amines) is 2. The Balaban J connectivity index is 1.69. The van der Waals surface area contributed by atoms with E-state index in [0.29, 0.717) is 0 Å². The van der Waals surface area contributed by atoms with E-state index >= 15 is 8.78 Å². The van der Waals surface area contributed by atoms with E-state index in [2.05, 4.69) is 4.40 Å². The monoisotopic (exact) mass is 785 g/mol. The van der Waals surface area contributed by atoms with Gasteiger partial charge in [-0.3, -0.25) is 14.5 Å². The number of piperidine rings is 1. The van der Waals surface area contributed by atoms with Crippen LogP contribution in [0.15, 0.2) is 59.1 Å². The molecule has 2 unspecified atom stereocenters. The Kier molecular flexibility index (Phi) is 12.0. The van der Waals surface area contributed by atoms with Gasteiger partial charge in [-0.1, -0.05) is 44.2 Å². The number of imidazole rings is 1. The van der Waals surface area contributed by atoms with Gasteiger partial charge in [-0.2, -0.15) is 4.40 Å². The van der Waals surface area contributed by atoms with Crippen LogP contribution in [0.1, 0.15) is 86.2 Å². The zero-order valence-electron chi connectivity index (χ0n) is 32.7. The number of aromatic nitrogens is 2. The number of hydrogen-bond acceptors (Lipinski definition) is 7. The summed E-state index contributed by atoms with van der Waals surface area (Å²) >= 11 is 0. The summed E-state index contributed by atoms with van der Waals surface area (Å²) < 4.78 is 75.7. The molecule has 2 aliphatic rings. The van der Waals surface area contributed by atoms with Crippen molar-refractivity contribution in [1.82, 2.24) is 19.4 Å². The van der Waals surface area contributed by atoms with E-state index in [1.54, 1.807) is 52.3 Å². The average Bonchev–Trinajstić information content (AvgIpc) is 3.63. The van der Waals surface area contributed by atoms with Crippen molar-refractivity contribution in [2.45, 2.75) is 110 Å². The first kappa shape index (κ1) is 41.6. The number of amides is 2. The van der Waals surface area contributed by atoms with Crippen LogP contribution < -0.4 is 0 Å². The summed E-state index contributed by atoms with van der Waals surface area (Å²) in [6.07, 6.45) is -0.856. The van der Waals surface area contributed by atoms with Crippen molar-refractivity contribution in [3.63, 3.8) is 0 Å². The molecule has 15 heteroatoms. The average molecular weight is 786 g/mol. The maximum atomic E-state index is 16.3. The van der Waals surface area contributed by atoms with Gasteiger partial charge >= 0.3 is 12.1 Å². The highest BCUT2D eigenvalue weighted by Gasteiger charge is 2.59. The first-order chi connectivity index (χ1) is 25.6. The molecule has 0 bridgehead atoms. The number of halogens is 3. The zero-order valence-corrected chi connectivity index (χ0v) is 33.5. The Bertz CT molecular complexity index is 1960. The molecule has 3 aromatic rings. The summed E-state index contributed by atoms with van der Waals surface area (Å²) in [5.41, 5.74) is -1.12. The van der Waals surface area contributed by atoms with E-state index in [9.17, 15) is 23.0 Å². The molecule has 55 heavy (non-hydrogen) atoms. The summed E-state index contributed by atoms with van der Waals surface area (Å²) in [4.78, 5) is 48.3. The molecule has 0 saturated carbocycles. The molecule has 0 radical (unpaired) electrons. The third kappa shape index (κ3) is 9.47. The molecular weight excluding hydrogens is 736 g/mol. The molecule has 298 valence electrons. The number of carbonyl (C=O) groups excluding carboxylic acids is 3. The van der Waals surface area contributed by atoms with Crippen molar-refractivity contribution in [3.05, 3.63) is 77.8 Å². The molecule has 2 saturated heterocycles. The van der Waals surface area contributed by atoms with E-state index in [0.717, 1.165) is 35.6 Å². The highest BCUT2D eigenvalue weighted by atomic mass is 32.2. The van der Waals surface area contributed by atoms with Crippen LogP contribution in [0.5, 0.6) is 0 Å². The lowest BCUT2D eigenvalue weighted by Crippen LogP contribution is -2.63. The second kappa shape index (κ2) is 15.9. The molecule has 0 spiro atoms. The molecule has 5 rings (SSSR count). The van der Waals surface area contributed by atoms with Crippen LogP contribution in [-0.2, 0) is 36.6 Å². The minimum absolute atomic E-state index is 0.0884. The van der Waals surface area contributed by atoms with Crippen LogP contribution in [0, 0.1) is 23.0 Å². The molecule has 3 heterocycles. The summed E-state index contributed by atoms with van der Waals surface area (Å²) in [5.74, 6) is -3.67. The minimum Gasteiger partial charge on any atom is -0.450 e. The molecule has 0 aliphatic carbocycles. The Morgan fingerprint density at radius 3 is 2.33 bits per heavy atom. The van der Waals surface area contributed by atoms with Crippen molar-refractivity contribution < 1.29 is 41.2 Å². The lowest BCUT2D eigenvalue weighted by molar-refractivity contribution is -0.173. The summed E-state index contributed by atoms with van der Waals surface area (Å²) in [5, 5.41) is 0. The van der Waals surface area contributed by atoms with Gasteiger partial charge in [0.2, 0.25) is 6.10 Å². The number of hydrogen-bond donors (Lipinski definition) is 0. The molecule has 6 atom stereocenters. The highest BCUT2D eigenvalue weighted by molar-refractivity contribution is 7.85. The second-order valence-electron chi connectivity index (χ2n) is 16.8. The van der Waals surface area contributed by atoms with Crippen LogP contribution in [0.3, 0.4) is 0 Å². The number of rotatable bonds is 10. The Morgan fingerprint density at radius 1 is 1.04 bits per heavy atom. The Morgan fingerprint density at radius 2 is 1.71 bits per heavy atom. The molecule has 11 nitrogen and oxygen atoms in total. The SMILES string of the molecule is CC(=O)O[C@@H]1C(=O)N([C@@H](c2nc(-c3cc(F)ccc3F)cn2Cc2ccccc2)C(C)(C)C/C=N/S(=O)C(C)(C)C)C[C@@H]2C1N(C(=O)OC(C)(C)C)C[C@@H]2F. The first-order valence-electron chi connectivity index (χ1n) is 18.2. The zero-order chi connectivity index (χ0) is 40.6. The van der Waals surface area contributed by atoms with Gasteiger partial charge in [0.1, 0.15) is 40.2 Å². The van der Waals surface area contributed by atoms with Gasteiger partial charge in [0, 0.05) is 43.9 Å². The van der Waals surface area contributed by atoms with E-state index < -0.39 is 93.2 Å². The summed E-state index contributed by atoms with van der Waals surface area (Å²) in [7, 11) is -1.60. The predicted octanol–water partition coefficient (Wildman–Crippen LogP) is 7.21. The highest BCUT2D eigenvalue weighted by Crippen LogP contribution is 2.46. The Labute approximate surface area is 322 Å². The lowest BCUT2D eigenvalue weighted by Gasteiger charge is -2.48. The number of ether oxygens (including phenoxy) is 2. The second-order valence-corrected chi connectivity index (χ2v) is 18.7. The van der Waals surface area contributed by atoms with E-state index in [-0.39, 0.29) is 36.6 Å². The van der Waals surface area contributed by atoms with Gasteiger partial charge in [0.15, 0.2) is 0 Å². The minimum atomic E-state index is -1.63. The van der Waals surface area contributed by atoms with Crippen molar-refractivity contribution >= 4 is 35.2 Å². The topological polar surface area (TPSA) is 123 Å².